The zero-order valence-electron chi connectivity index (χ0n) is 14.1. The lowest BCUT2D eigenvalue weighted by Crippen LogP contribution is -2.26. The molecule has 2 aromatic heterocycles. The molecule has 0 aliphatic heterocycles. The van der Waals surface area contributed by atoms with Gasteiger partial charge >= 0.3 is 0 Å². The van der Waals surface area contributed by atoms with E-state index in [-0.39, 0.29) is 5.91 Å². The summed E-state index contributed by atoms with van der Waals surface area (Å²) in [7, 11) is 0. The zero-order chi connectivity index (χ0) is 17.8. The first-order chi connectivity index (χ1) is 12.8. The normalized spacial score (nSPS) is 10.9. The van der Waals surface area contributed by atoms with E-state index in [1.807, 2.05) is 54.6 Å². The Hall–Kier alpha value is -3.48. The molecule has 0 saturated carbocycles. The smallest absolute Gasteiger partial charge is 0.273 e. The Labute approximate surface area is 150 Å². The van der Waals surface area contributed by atoms with Gasteiger partial charge in [0.05, 0.1) is 23.8 Å². The van der Waals surface area contributed by atoms with Gasteiger partial charge in [-0.25, -0.2) is 9.67 Å². The average Bonchev–Trinajstić information content (AvgIpc) is 3.29. The van der Waals surface area contributed by atoms with Gasteiger partial charge in [0.25, 0.3) is 5.91 Å². The van der Waals surface area contributed by atoms with Crippen LogP contribution in [0.15, 0.2) is 60.8 Å². The summed E-state index contributed by atoms with van der Waals surface area (Å²) >= 11 is 0. The molecule has 0 radical (unpaired) electrons. The highest BCUT2D eigenvalue weighted by Crippen LogP contribution is 2.10. The van der Waals surface area contributed by atoms with Crippen molar-refractivity contribution in [1.82, 2.24) is 30.3 Å². The average molecular weight is 346 g/mol. The number of para-hydroxylation sites is 2. The van der Waals surface area contributed by atoms with Crippen LogP contribution in [0.5, 0.6) is 0 Å². The monoisotopic (exact) mass is 346 g/mol. The minimum atomic E-state index is -0.236. The van der Waals surface area contributed by atoms with Crippen molar-refractivity contribution in [3.8, 4) is 0 Å². The quantitative estimate of drug-likeness (QED) is 0.560. The number of rotatable bonds is 6. The van der Waals surface area contributed by atoms with Gasteiger partial charge in [-0.2, -0.15) is 0 Å². The summed E-state index contributed by atoms with van der Waals surface area (Å²) in [5, 5.41) is 10.8. The fourth-order valence-electron chi connectivity index (χ4n) is 2.76. The molecule has 1 amide bonds. The summed E-state index contributed by atoms with van der Waals surface area (Å²) < 4.78 is 1.66. The summed E-state index contributed by atoms with van der Waals surface area (Å²) in [5.74, 6) is 0.611. The van der Waals surface area contributed by atoms with E-state index in [9.17, 15) is 4.79 Å². The number of carbonyl (C=O) groups excluding carboxylic acids is 1. The molecule has 2 N–H and O–H groups in total. The third kappa shape index (κ3) is 3.61. The van der Waals surface area contributed by atoms with Crippen LogP contribution in [0.3, 0.4) is 0 Å². The number of amides is 1. The van der Waals surface area contributed by atoms with Crippen molar-refractivity contribution in [2.75, 3.05) is 6.54 Å². The SMILES string of the molecule is O=C(NCCc1nc2ccccc2[nH]1)c1cn(Cc2ccccc2)nn1. The van der Waals surface area contributed by atoms with E-state index in [1.54, 1.807) is 10.9 Å². The Morgan fingerprint density at radius 2 is 1.88 bits per heavy atom. The molecule has 2 aromatic carbocycles. The number of fused-ring (bicyclic) bond motifs is 1. The molecule has 0 fully saturated rings. The molecule has 0 bridgehead atoms. The highest BCUT2D eigenvalue weighted by Gasteiger charge is 2.11. The largest absolute Gasteiger partial charge is 0.350 e. The van der Waals surface area contributed by atoms with Gasteiger partial charge < -0.3 is 10.3 Å². The van der Waals surface area contributed by atoms with Gasteiger partial charge in [0.1, 0.15) is 5.82 Å². The molecule has 130 valence electrons. The second kappa shape index (κ2) is 7.18. The topological polar surface area (TPSA) is 88.5 Å². The maximum Gasteiger partial charge on any atom is 0.273 e. The van der Waals surface area contributed by atoms with Crippen molar-refractivity contribution in [1.29, 1.82) is 0 Å². The van der Waals surface area contributed by atoms with Crippen LogP contribution in [-0.2, 0) is 13.0 Å². The van der Waals surface area contributed by atoms with Crippen LogP contribution < -0.4 is 5.32 Å². The summed E-state index contributed by atoms with van der Waals surface area (Å²) in [5.41, 5.74) is 3.34. The molecule has 0 atom stereocenters. The minimum absolute atomic E-state index is 0.236. The first-order valence-corrected chi connectivity index (χ1v) is 8.44. The van der Waals surface area contributed by atoms with Gasteiger partial charge in [0.15, 0.2) is 5.69 Å². The third-order valence-corrected chi connectivity index (χ3v) is 4.04. The van der Waals surface area contributed by atoms with Crippen LogP contribution in [0.1, 0.15) is 21.9 Å². The fourth-order valence-corrected chi connectivity index (χ4v) is 2.76. The number of aromatic amines is 1. The number of nitrogens with zero attached hydrogens (tertiary/aromatic N) is 4. The van der Waals surface area contributed by atoms with Crippen LogP contribution in [0.25, 0.3) is 11.0 Å². The Morgan fingerprint density at radius 3 is 2.73 bits per heavy atom. The summed E-state index contributed by atoms with van der Waals surface area (Å²) in [4.78, 5) is 20.0. The van der Waals surface area contributed by atoms with Crippen LogP contribution in [0.4, 0.5) is 0 Å². The highest BCUT2D eigenvalue weighted by molar-refractivity contribution is 5.91. The standard InChI is InChI=1S/C19H18N6O/c26-19(17-13-25(24-23-17)12-14-6-2-1-3-7-14)20-11-10-18-21-15-8-4-5-9-16(15)22-18/h1-9,13H,10-12H2,(H,20,26)(H,21,22). The van der Waals surface area contributed by atoms with Crippen molar-refractivity contribution in [3.63, 3.8) is 0 Å². The number of H-pyrrole nitrogens is 1. The molecule has 7 nitrogen and oxygen atoms in total. The van der Waals surface area contributed by atoms with Gasteiger partial charge in [-0.3, -0.25) is 4.79 Å². The lowest BCUT2D eigenvalue weighted by Gasteiger charge is -2.01. The first-order valence-electron chi connectivity index (χ1n) is 8.44. The molecule has 4 aromatic rings. The number of hydrogen-bond acceptors (Lipinski definition) is 4. The van der Waals surface area contributed by atoms with Gasteiger partial charge in [0.2, 0.25) is 0 Å². The predicted molar refractivity (Wildman–Crippen MR) is 97.7 cm³/mol. The van der Waals surface area contributed by atoms with E-state index in [0.717, 1.165) is 22.4 Å². The van der Waals surface area contributed by atoms with E-state index in [0.29, 0.717) is 25.2 Å². The van der Waals surface area contributed by atoms with E-state index >= 15 is 0 Å². The molecular weight excluding hydrogens is 328 g/mol. The van der Waals surface area contributed by atoms with Crippen LogP contribution >= 0.6 is 0 Å². The maximum absolute atomic E-state index is 12.2. The fraction of sp³-hybridized carbons (Fsp3) is 0.158. The molecule has 0 spiro atoms. The van der Waals surface area contributed by atoms with Crippen LogP contribution in [-0.4, -0.2) is 37.4 Å². The van der Waals surface area contributed by atoms with Crippen molar-refractivity contribution in [3.05, 3.63) is 77.9 Å². The van der Waals surface area contributed by atoms with Crippen molar-refractivity contribution >= 4 is 16.9 Å². The molecule has 7 heteroatoms. The summed E-state index contributed by atoms with van der Waals surface area (Å²) in [6.45, 7) is 1.06. The van der Waals surface area contributed by atoms with Crippen molar-refractivity contribution < 1.29 is 4.79 Å². The minimum Gasteiger partial charge on any atom is -0.350 e. The summed E-state index contributed by atoms with van der Waals surface area (Å²) in [6.07, 6.45) is 2.28. The van der Waals surface area contributed by atoms with E-state index < -0.39 is 0 Å². The van der Waals surface area contributed by atoms with E-state index in [1.165, 1.54) is 0 Å². The van der Waals surface area contributed by atoms with Crippen molar-refractivity contribution in [2.24, 2.45) is 0 Å². The number of hydrogen-bond donors (Lipinski definition) is 2. The number of aromatic nitrogens is 5. The maximum atomic E-state index is 12.2. The Kier molecular flexibility index (Phi) is 4.42. The number of nitrogens with one attached hydrogen (secondary N) is 2. The van der Waals surface area contributed by atoms with Gasteiger partial charge in [-0.1, -0.05) is 47.7 Å². The number of benzene rings is 2. The van der Waals surface area contributed by atoms with Gasteiger partial charge in [0, 0.05) is 13.0 Å². The molecule has 0 unspecified atom stereocenters. The first kappa shape index (κ1) is 16.0. The molecule has 0 aliphatic rings. The molecule has 0 aliphatic carbocycles. The molecule has 2 heterocycles. The Bertz CT molecular complexity index is 988. The second-order valence-corrected chi connectivity index (χ2v) is 5.99. The molecular formula is C19H18N6O. The molecule has 26 heavy (non-hydrogen) atoms. The lowest BCUT2D eigenvalue weighted by atomic mass is 10.2. The Morgan fingerprint density at radius 1 is 1.08 bits per heavy atom. The number of imidazole rings is 1. The van der Waals surface area contributed by atoms with Crippen LogP contribution in [0, 0.1) is 0 Å². The predicted octanol–water partition coefficient (Wildman–Crippen LogP) is 2.18. The number of carbonyl (C=O) groups is 1. The van der Waals surface area contributed by atoms with Gasteiger partial charge in [-0.15, -0.1) is 5.10 Å². The zero-order valence-corrected chi connectivity index (χ0v) is 14.1. The second-order valence-electron chi connectivity index (χ2n) is 5.99. The lowest BCUT2D eigenvalue weighted by molar-refractivity contribution is 0.0949. The Balaban J connectivity index is 1.32. The van der Waals surface area contributed by atoms with E-state index in [2.05, 4.69) is 25.6 Å². The van der Waals surface area contributed by atoms with Gasteiger partial charge in [-0.05, 0) is 17.7 Å². The molecule has 0 saturated heterocycles. The third-order valence-electron chi connectivity index (χ3n) is 4.04. The molecule has 4 rings (SSSR count). The van der Waals surface area contributed by atoms with Crippen molar-refractivity contribution in [2.45, 2.75) is 13.0 Å². The van der Waals surface area contributed by atoms with Crippen LogP contribution in [0.2, 0.25) is 0 Å². The highest BCUT2D eigenvalue weighted by atomic mass is 16.2. The van der Waals surface area contributed by atoms with E-state index in [4.69, 9.17) is 0 Å². The summed E-state index contributed by atoms with van der Waals surface area (Å²) in [6, 6.07) is 17.8.